The molecule has 0 aromatic heterocycles. The van der Waals surface area contributed by atoms with Gasteiger partial charge >= 0.3 is 0 Å². The fraction of sp³-hybridized carbons (Fsp3) is 0.174. The number of carbonyl (C=O) groups excluding carboxylic acids is 1. The fourth-order valence-electron chi connectivity index (χ4n) is 3.23. The minimum atomic E-state index is -0.902. The first-order valence-electron chi connectivity index (χ1n) is 9.47. The molecule has 0 spiro atoms. The Labute approximate surface area is 174 Å². The van der Waals surface area contributed by atoms with Gasteiger partial charge in [-0.05, 0) is 30.2 Å². The molecule has 1 amide bonds. The van der Waals surface area contributed by atoms with Crippen LogP contribution in [0.25, 0.3) is 0 Å². The van der Waals surface area contributed by atoms with E-state index in [4.69, 9.17) is 5.73 Å². The number of nitrogen functional groups attached to an aromatic ring is 1. The molecule has 0 aliphatic carbocycles. The van der Waals surface area contributed by atoms with Gasteiger partial charge in [0.05, 0.1) is 17.6 Å². The van der Waals surface area contributed by atoms with Crippen LogP contribution in [-0.2, 0) is 6.54 Å². The predicted octanol–water partition coefficient (Wildman–Crippen LogP) is 3.86. The Kier molecular flexibility index (Phi) is 6.44. The molecule has 0 aliphatic rings. The summed E-state index contributed by atoms with van der Waals surface area (Å²) < 4.78 is 0. The minimum Gasteiger partial charge on any atom is -0.393 e. The van der Waals surface area contributed by atoms with Crippen LogP contribution >= 0.6 is 0 Å². The van der Waals surface area contributed by atoms with Gasteiger partial charge in [0.15, 0.2) is 0 Å². The van der Waals surface area contributed by atoms with Gasteiger partial charge in [-0.25, -0.2) is 0 Å². The summed E-state index contributed by atoms with van der Waals surface area (Å²) in [5.74, 6) is -0.423. The Morgan fingerprint density at radius 1 is 1.10 bits per heavy atom. The number of benzene rings is 3. The second kappa shape index (κ2) is 9.19. The first kappa shape index (κ1) is 21.0. The van der Waals surface area contributed by atoms with Crippen LogP contribution in [-0.4, -0.2) is 27.4 Å². The number of aliphatic hydroxyl groups excluding tert-OH is 1. The summed E-state index contributed by atoms with van der Waals surface area (Å²) in [7, 11) is 0. The maximum absolute atomic E-state index is 13.2. The Morgan fingerprint density at radius 3 is 2.50 bits per heavy atom. The third-order valence-electron chi connectivity index (χ3n) is 4.80. The lowest BCUT2D eigenvalue weighted by Gasteiger charge is -2.26. The zero-order valence-electron chi connectivity index (χ0n) is 16.6. The van der Waals surface area contributed by atoms with Crippen molar-refractivity contribution in [2.45, 2.75) is 19.6 Å². The van der Waals surface area contributed by atoms with E-state index < -0.39 is 16.9 Å². The van der Waals surface area contributed by atoms with Crippen LogP contribution in [0.4, 0.5) is 11.4 Å². The summed E-state index contributed by atoms with van der Waals surface area (Å²) in [5, 5.41) is 22.0. The highest BCUT2D eigenvalue weighted by molar-refractivity contribution is 5.95. The van der Waals surface area contributed by atoms with Gasteiger partial charge in [0.2, 0.25) is 0 Å². The molecule has 154 valence electrons. The van der Waals surface area contributed by atoms with Crippen molar-refractivity contribution in [3.05, 3.63) is 105 Å². The van der Waals surface area contributed by atoms with Gasteiger partial charge in [0.25, 0.3) is 11.6 Å². The van der Waals surface area contributed by atoms with Gasteiger partial charge in [-0.1, -0.05) is 60.2 Å². The average Bonchev–Trinajstić information content (AvgIpc) is 2.73. The summed E-state index contributed by atoms with van der Waals surface area (Å²) >= 11 is 0. The van der Waals surface area contributed by atoms with E-state index in [9.17, 15) is 20.0 Å². The smallest absolute Gasteiger partial charge is 0.292 e. The van der Waals surface area contributed by atoms with Crippen LogP contribution in [0.5, 0.6) is 0 Å². The highest BCUT2D eigenvalue weighted by Crippen LogP contribution is 2.25. The topological polar surface area (TPSA) is 110 Å². The molecule has 0 saturated heterocycles. The van der Waals surface area contributed by atoms with Crippen molar-refractivity contribution in [1.82, 2.24) is 4.90 Å². The molecule has 30 heavy (non-hydrogen) atoms. The molecular weight excluding hydrogens is 382 g/mol. The monoisotopic (exact) mass is 405 g/mol. The Bertz CT molecular complexity index is 1050. The molecule has 0 fully saturated rings. The standard InChI is InChI=1S/C23H23N3O4/c1-16-6-5-9-18(12-16)22(27)15-25(14-17-7-3-2-4-8-17)23(28)19-10-11-20(24)21(13-19)26(29)30/h2-13,22,27H,14-15,24H2,1H3/t22-/m1/s1. The summed E-state index contributed by atoms with van der Waals surface area (Å²) in [6.07, 6.45) is -0.902. The van der Waals surface area contributed by atoms with Crippen molar-refractivity contribution >= 4 is 17.3 Å². The van der Waals surface area contributed by atoms with Gasteiger partial charge < -0.3 is 15.7 Å². The third kappa shape index (κ3) is 5.01. The molecule has 0 saturated carbocycles. The molecule has 0 aliphatic heterocycles. The minimum absolute atomic E-state index is 0.00838. The van der Waals surface area contributed by atoms with Crippen LogP contribution in [0.15, 0.2) is 72.8 Å². The molecule has 0 radical (unpaired) electrons. The number of hydrogen-bond acceptors (Lipinski definition) is 5. The number of nitrogens with zero attached hydrogens (tertiary/aromatic N) is 2. The second-order valence-corrected chi connectivity index (χ2v) is 7.13. The first-order valence-corrected chi connectivity index (χ1v) is 9.47. The van der Waals surface area contributed by atoms with E-state index >= 15 is 0 Å². The SMILES string of the molecule is Cc1cccc([C@H](O)CN(Cc2ccccc2)C(=O)c2ccc(N)c([N+](=O)[O-])c2)c1. The van der Waals surface area contributed by atoms with Crippen LogP contribution in [0.3, 0.4) is 0 Å². The summed E-state index contributed by atoms with van der Waals surface area (Å²) in [5.41, 5.74) is 8.05. The molecule has 0 heterocycles. The van der Waals surface area contributed by atoms with Crippen molar-refractivity contribution in [1.29, 1.82) is 0 Å². The van der Waals surface area contributed by atoms with Gasteiger partial charge in [-0.2, -0.15) is 0 Å². The van der Waals surface area contributed by atoms with Crippen molar-refractivity contribution in [3.63, 3.8) is 0 Å². The van der Waals surface area contributed by atoms with E-state index in [0.717, 1.165) is 11.1 Å². The number of aliphatic hydroxyl groups is 1. The fourth-order valence-corrected chi connectivity index (χ4v) is 3.23. The number of nitrogens with two attached hydrogens (primary N) is 1. The summed E-state index contributed by atoms with van der Waals surface area (Å²) in [6.45, 7) is 2.21. The lowest BCUT2D eigenvalue weighted by molar-refractivity contribution is -0.383. The normalized spacial score (nSPS) is 11.7. The quantitative estimate of drug-likeness (QED) is 0.352. The van der Waals surface area contributed by atoms with Crippen LogP contribution in [0, 0.1) is 17.0 Å². The summed E-state index contributed by atoms with van der Waals surface area (Å²) in [6, 6.07) is 20.8. The molecule has 0 unspecified atom stereocenters. The number of nitro groups is 1. The molecule has 1 atom stereocenters. The van der Waals surface area contributed by atoms with Crippen molar-refractivity contribution in [2.75, 3.05) is 12.3 Å². The number of anilines is 1. The highest BCUT2D eigenvalue weighted by Gasteiger charge is 2.23. The molecule has 7 heteroatoms. The van der Waals surface area contributed by atoms with Gasteiger partial charge in [0, 0.05) is 18.2 Å². The van der Waals surface area contributed by atoms with Crippen LogP contribution in [0.2, 0.25) is 0 Å². The number of carbonyl (C=O) groups is 1. The largest absolute Gasteiger partial charge is 0.393 e. The first-order chi connectivity index (χ1) is 14.3. The maximum atomic E-state index is 13.2. The maximum Gasteiger partial charge on any atom is 0.292 e. The van der Waals surface area contributed by atoms with E-state index in [2.05, 4.69) is 0 Å². The lowest BCUT2D eigenvalue weighted by Crippen LogP contribution is -2.34. The van der Waals surface area contributed by atoms with Crippen LogP contribution in [0.1, 0.15) is 33.2 Å². The second-order valence-electron chi connectivity index (χ2n) is 7.13. The number of aryl methyl sites for hydroxylation is 1. The van der Waals surface area contributed by atoms with Gasteiger partial charge in [-0.15, -0.1) is 0 Å². The molecular formula is C23H23N3O4. The van der Waals surface area contributed by atoms with Gasteiger partial charge in [0.1, 0.15) is 5.69 Å². The van der Waals surface area contributed by atoms with Gasteiger partial charge in [-0.3, -0.25) is 14.9 Å². The van der Waals surface area contributed by atoms with Crippen molar-refractivity contribution in [3.8, 4) is 0 Å². The molecule has 3 aromatic rings. The van der Waals surface area contributed by atoms with E-state index in [-0.39, 0.29) is 30.0 Å². The molecule has 0 bridgehead atoms. The van der Waals surface area contributed by atoms with Crippen LogP contribution < -0.4 is 5.73 Å². The Balaban J connectivity index is 1.91. The summed E-state index contributed by atoms with van der Waals surface area (Å²) in [4.78, 5) is 25.3. The highest BCUT2D eigenvalue weighted by atomic mass is 16.6. The van der Waals surface area contributed by atoms with Crippen molar-refractivity contribution < 1.29 is 14.8 Å². The van der Waals surface area contributed by atoms with E-state index in [0.29, 0.717) is 5.56 Å². The zero-order valence-corrected chi connectivity index (χ0v) is 16.6. The molecule has 7 nitrogen and oxygen atoms in total. The number of hydrogen-bond donors (Lipinski definition) is 2. The predicted molar refractivity (Wildman–Crippen MR) is 115 cm³/mol. The third-order valence-corrected chi connectivity index (χ3v) is 4.80. The number of amides is 1. The van der Waals surface area contributed by atoms with E-state index in [1.165, 1.54) is 23.1 Å². The molecule has 3 N–H and O–H groups in total. The Hall–Kier alpha value is -3.71. The van der Waals surface area contributed by atoms with E-state index in [1.54, 1.807) is 6.07 Å². The number of nitro benzene ring substituents is 1. The average molecular weight is 405 g/mol. The molecule has 3 rings (SSSR count). The molecule has 3 aromatic carbocycles. The lowest BCUT2D eigenvalue weighted by atomic mass is 10.0. The van der Waals surface area contributed by atoms with Crippen molar-refractivity contribution in [2.24, 2.45) is 0 Å². The van der Waals surface area contributed by atoms with E-state index in [1.807, 2.05) is 55.5 Å². The Morgan fingerprint density at radius 2 is 1.83 bits per heavy atom. The number of rotatable bonds is 7. The zero-order chi connectivity index (χ0) is 21.7.